The van der Waals surface area contributed by atoms with E-state index in [1.807, 2.05) is 0 Å². The highest BCUT2D eigenvalue weighted by atomic mass is 16.4. The largest absolute Gasteiger partial charge is 0.481 e. The fraction of sp³-hybridized carbons (Fsp3) is 0.778. The van der Waals surface area contributed by atoms with Gasteiger partial charge in [-0.05, 0) is 24.3 Å². The molecule has 0 aromatic carbocycles. The summed E-state index contributed by atoms with van der Waals surface area (Å²) in [4.78, 5) is 20.8. The molecule has 128 valence electrons. The molecule has 0 aromatic rings. The molecule has 3 aliphatic rings. The molecule has 3 heterocycles. The van der Waals surface area contributed by atoms with Crippen molar-refractivity contribution < 1.29 is 9.90 Å². The molecule has 0 radical (unpaired) electrons. The molecule has 3 rings (SSSR count). The van der Waals surface area contributed by atoms with Crippen molar-refractivity contribution in [1.29, 1.82) is 0 Å². The van der Waals surface area contributed by atoms with E-state index in [0.29, 0.717) is 19.1 Å². The zero-order valence-electron chi connectivity index (χ0n) is 15.0. The lowest BCUT2D eigenvalue weighted by molar-refractivity contribution is -0.148. The van der Waals surface area contributed by atoms with Gasteiger partial charge in [0.2, 0.25) is 0 Å². The summed E-state index contributed by atoms with van der Waals surface area (Å²) < 4.78 is 0. The van der Waals surface area contributed by atoms with Crippen molar-refractivity contribution in [3.63, 3.8) is 0 Å². The maximum absolute atomic E-state index is 11.1. The van der Waals surface area contributed by atoms with E-state index in [9.17, 15) is 4.79 Å². The summed E-state index contributed by atoms with van der Waals surface area (Å²) in [6.07, 6.45) is 2.03. The zero-order valence-corrected chi connectivity index (χ0v) is 15.0. The van der Waals surface area contributed by atoms with E-state index in [0.717, 1.165) is 19.4 Å². The van der Waals surface area contributed by atoms with Crippen molar-refractivity contribution in [3.05, 3.63) is 11.3 Å². The number of rotatable bonds is 3. The van der Waals surface area contributed by atoms with E-state index >= 15 is 0 Å². The molecule has 1 N–H and O–H groups in total. The van der Waals surface area contributed by atoms with Crippen LogP contribution in [-0.2, 0) is 4.79 Å². The number of carboxylic acids is 1. The first-order chi connectivity index (χ1) is 10.7. The number of aliphatic imine (C=N–C) groups is 1. The number of fused-ring (bicyclic) bond motifs is 1. The third kappa shape index (κ3) is 2.69. The van der Waals surface area contributed by atoms with Crippen LogP contribution in [0.25, 0.3) is 0 Å². The van der Waals surface area contributed by atoms with Crippen LogP contribution in [0.4, 0.5) is 0 Å². The van der Waals surface area contributed by atoms with Crippen molar-refractivity contribution in [1.82, 2.24) is 9.80 Å². The van der Waals surface area contributed by atoms with Gasteiger partial charge in [0, 0.05) is 31.8 Å². The quantitative estimate of drug-likeness (QED) is 0.869. The molecule has 0 spiro atoms. The Kier molecular flexibility index (Phi) is 4.03. The van der Waals surface area contributed by atoms with Gasteiger partial charge in [-0.25, -0.2) is 0 Å². The molecule has 1 unspecified atom stereocenters. The van der Waals surface area contributed by atoms with Gasteiger partial charge in [0.05, 0.1) is 18.0 Å². The molecule has 3 aliphatic heterocycles. The van der Waals surface area contributed by atoms with Gasteiger partial charge in [0.15, 0.2) is 0 Å². The first-order valence-electron chi connectivity index (χ1n) is 8.79. The zero-order chi connectivity index (χ0) is 16.9. The Bertz CT molecular complexity index is 567. The molecule has 0 bridgehead atoms. The summed E-state index contributed by atoms with van der Waals surface area (Å²) in [5.41, 5.74) is 2.92. The minimum Gasteiger partial charge on any atom is -0.481 e. The average molecular weight is 319 g/mol. The highest BCUT2D eigenvalue weighted by Gasteiger charge is 2.46. The van der Waals surface area contributed by atoms with Crippen LogP contribution in [0.2, 0.25) is 0 Å². The lowest BCUT2D eigenvalue weighted by atomic mass is 9.78. The van der Waals surface area contributed by atoms with E-state index in [-0.39, 0.29) is 17.4 Å². The highest BCUT2D eigenvalue weighted by molar-refractivity contribution is 5.86. The van der Waals surface area contributed by atoms with Crippen LogP contribution in [0.15, 0.2) is 16.3 Å². The number of nitrogens with zero attached hydrogens (tertiary/aromatic N) is 3. The summed E-state index contributed by atoms with van der Waals surface area (Å²) in [6, 6.07) is 0.577. The second kappa shape index (κ2) is 5.62. The molecule has 0 aliphatic carbocycles. The van der Waals surface area contributed by atoms with E-state index in [1.54, 1.807) is 0 Å². The molecule has 5 nitrogen and oxygen atoms in total. The lowest BCUT2D eigenvalue weighted by Gasteiger charge is -2.45. The lowest BCUT2D eigenvalue weighted by Crippen LogP contribution is -2.55. The van der Waals surface area contributed by atoms with Gasteiger partial charge in [-0.1, -0.05) is 27.7 Å². The third-order valence-corrected chi connectivity index (χ3v) is 5.40. The van der Waals surface area contributed by atoms with Crippen LogP contribution in [0.3, 0.4) is 0 Å². The fourth-order valence-electron chi connectivity index (χ4n) is 4.43. The van der Waals surface area contributed by atoms with E-state index in [4.69, 9.17) is 10.1 Å². The Morgan fingerprint density at radius 2 is 2.00 bits per heavy atom. The summed E-state index contributed by atoms with van der Waals surface area (Å²) in [5, 5.41) is 9.16. The monoisotopic (exact) mass is 319 g/mol. The number of hydrogen-bond acceptors (Lipinski definition) is 4. The Morgan fingerprint density at radius 3 is 2.52 bits per heavy atom. The smallest absolute Gasteiger partial charge is 0.309 e. The van der Waals surface area contributed by atoms with Crippen LogP contribution in [0.5, 0.6) is 0 Å². The van der Waals surface area contributed by atoms with Gasteiger partial charge in [0.25, 0.3) is 0 Å². The molecule has 0 saturated carbocycles. The number of likely N-dealkylation sites (tertiary alicyclic amines) is 1. The minimum atomic E-state index is -0.658. The SMILES string of the molecule is CCC1=N[C@@H](C)C(C(C)(C)C)=C2C(N3CC(C(=O)O)C3)CCN12. The maximum atomic E-state index is 11.1. The molecular formula is C18H29N3O2. The predicted octanol–water partition coefficient (Wildman–Crippen LogP) is 2.59. The van der Waals surface area contributed by atoms with E-state index in [1.165, 1.54) is 17.1 Å². The van der Waals surface area contributed by atoms with Crippen molar-refractivity contribution in [2.24, 2.45) is 16.3 Å². The van der Waals surface area contributed by atoms with Gasteiger partial charge in [-0.2, -0.15) is 0 Å². The molecule has 2 saturated heterocycles. The Balaban J connectivity index is 1.93. The highest BCUT2D eigenvalue weighted by Crippen LogP contribution is 2.43. The summed E-state index contributed by atoms with van der Waals surface area (Å²) in [7, 11) is 0. The average Bonchev–Trinajstić information content (AvgIpc) is 2.78. The van der Waals surface area contributed by atoms with Crippen LogP contribution in [0, 0.1) is 11.3 Å². The summed E-state index contributed by atoms with van der Waals surface area (Å²) in [5.74, 6) is 0.343. The first-order valence-corrected chi connectivity index (χ1v) is 8.79. The molecule has 23 heavy (non-hydrogen) atoms. The topological polar surface area (TPSA) is 56.1 Å². The molecule has 2 atom stereocenters. The van der Waals surface area contributed by atoms with Gasteiger partial charge >= 0.3 is 5.97 Å². The molecular weight excluding hydrogens is 290 g/mol. The second-order valence-corrected chi connectivity index (χ2v) is 8.07. The van der Waals surface area contributed by atoms with Crippen LogP contribution < -0.4 is 0 Å². The van der Waals surface area contributed by atoms with Crippen molar-refractivity contribution in [3.8, 4) is 0 Å². The maximum Gasteiger partial charge on any atom is 0.309 e. The Morgan fingerprint density at radius 1 is 1.35 bits per heavy atom. The summed E-state index contributed by atoms with van der Waals surface area (Å²) in [6.45, 7) is 13.5. The van der Waals surface area contributed by atoms with Crippen LogP contribution >= 0.6 is 0 Å². The number of amidine groups is 1. The fourth-order valence-corrected chi connectivity index (χ4v) is 4.43. The Hall–Kier alpha value is -1.36. The van der Waals surface area contributed by atoms with E-state index in [2.05, 4.69) is 44.4 Å². The second-order valence-electron chi connectivity index (χ2n) is 8.07. The van der Waals surface area contributed by atoms with Crippen LogP contribution in [-0.4, -0.2) is 58.4 Å². The standard InChI is InChI=1S/C18H29N3O2/c1-6-14-19-11(2)15(18(3,4)5)16-13(7-8-21(14)16)20-9-12(10-20)17(22)23/h11-13H,6-10H2,1-5H3,(H,22,23)/t11-,13?/m0/s1. The van der Waals surface area contributed by atoms with Gasteiger partial charge in [-0.15, -0.1) is 0 Å². The van der Waals surface area contributed by atoms with Gasteiger partial charge in [0.1, 0.15) is 5.84 Å². The number of carboxylic acid groups (broad SMARTS) is 1. The van der Waals surface area contributed by atoms with Crippen molar-refractivity contribution >= 4 is 11.8 Å². The molecule has 0 aromatic heterocycles. The van der Waals surface area contributed by atoms with Gasteiger partial charge in [-0.3, -0.25) is 14.7 Å². The number of aliphatic carboxylic acids is 1. The Labute approximate surface area is 139 Å². The van der Waals surface area contributed by atoms with Crippen LogP contribution in [0.1, 0.15) is 47.5 Å². The van der Waals surface area contributed by atoms with Crippen molar-refractivity contribution in [2.75, 3.05) is 19.6 Å². The minimum absolute atomic E-state index is 0.0788. The number of hydrogen-bond donors (Lipinski definition) is 1. The summed E-state index contributed by atoms with van der Waals surface area (Å²) >= 11 is 0. The predicted molar refractivity (Wildman–Crippen MR) is 91.5 cm³/mol. The third-order valence-electron chi connectivity index (χ3n) is 5.40. The molecule has 5 heteroatoms. The molecule has 2 fully saturated rings. The van der Waals surface area contributed by atoms with Gasteiger partial charge < -0.3 is 10.0 Å². The van der Waals surface area contributed by atoms with Crippen molar-refractivity contribution in [2.45, 2.75) is 59.5 Å². The normalized spacial score (nSPS) is 29.4. The van der Waals surface area contributed by atoms with E-state index < -0.39 is 5.97 Å². The molecule has 0 amide bonds. The number of carbonyl (C=O) groups is 1. The first kappa shape index (κ1) is 16.5.